The summed E-state index contributed by atoms with van der Waals surface area (Å²) in [4.78, 5) is 24.4. The van der Waals surface area contributed by atoms with Crippen LogP contribution in [0, 0.1) is 0 Å². The summed E-state index contributed by atoms with van der Waals surface area (Å²) in [6, 6.07) is 18.3. The lowest BCUT2D eigenvalue weighted by atomic mass is 9.98. The van der Waals surface area contributed by atoms with Gasteiger partial charge < -0.3 is 4.90 Å². The number of likely N-dealkylation sites (tertiary alicyclic amines) is 1. The summed E-state index contributed by atoms with van der Waals surface area (Å²) in [6.07, 6.45) is 2.08. The van der Waals surface area contributed by atoms with Crippen LogP contribution >= 0.6 is 22.7 Å². The fraction of sp³-hybridized carbons (Fsp3) is 0.227. The van der Waals surface area contributed by atoms with Gasteiger partial charge in [-0.15, -0.1) is 22.7 Å². The molecule has 0 bridgehead atoms. The van der Waals surface area contributed by atoms with Crippen LogP contribution in [0.3, 0.4) is 0 Å². The Labute approximate surface area is 171 Å². The number of nitrogens with zero attached hydrogens (tertiary/aromatic N) is 3. The van der Waals surface area contributed by atoms with Crippen LogP contribution in [-0.2, 0) is 0 Å². The highest BCUT2D eigenvalue weighted by molar-refractivity contribution is 7.18. The van der Waals surface area contributed by atoms with E-state index in [0.29, 0.717) is 11.6 Å². The minimum absolute atomic E-state index is 0.0317. The Morgan fingerprint density at radius 2 is 1.86 bits per heavy atom. The lowest BCUT2D eigenvalue weighted by molar-refractivity contribution is 0.0702. The van der Waals surface area contributed by atoms with Crippen molar-refractivity contribution in [3.63, 3.8) is 0 Å². The number of hydrogen-bond donors (Lipinski definition) is 0. The smallest absolute Gasteiger partial charge is 0.273 e. The number of rotatable bonds is 3. The zero-order valence-corrected chi connectivity index (χ0v) is 16.9. The molecule has 1 aliphatic rings. The average Bonchev–Trinajstić information content (AvgIpc) is 3.41. The maximum Gasteiger partial charge on any atom is 0.273 e. The molecule has 0 spiro atoms. The van der Waals surface area contributed by atoms with Gasteiger partial charge in [0.2, 0.25) is 0 Å². The van der Waals surface area contributed by atoms with Gasteiger partial charge in [-0.25, -0.2) is 9.97 Å². The molecule has 4 nitrogen and oxygen atoms in total. The van der Waals surface area contributed by atoms with E-state index in [0.717, 1.165) is 47.0 Å². The van der Waals surface area contributed by atoms with Crippen LogP contribution < -0.4 is 0 Å². The van der Waals surface area contributed by atoms with Crippen LogP contribution in [0.15, 0.2) is 60.0 Å². The Balaban J connectivity index is 1.35. The molecular weight excluding hydrogens is 386 g/mol. The molecule has 1 aliphatic heterocycles. The quantitative estimate of drug-likeness (QED) is 0.456. The number of para-hydroxylation sites is 1. The van der Waals surface area contributed by atoms with E-state index in [1.54, 1.807) is 11.3 Å². The number of carbonyl (C=O) groups excluding carboxylic acids is 1. The summed E-state index contributed by atoms with van der Waals surface area (Å²) in [5, 5.41) is 3.91. The van der Waals surface area contributed by atoms with E-state index < -0.39 is 0 Å². The summed E-state index contributed by atoms with van der Waals surface area (Å²) < 4.78 is 1.22. The average molecular weight is 406 g/mol. The summed E-state index contributed by atoms with van der Waals surface area (Å²) in [5.41, 5.74) is 2.66. The normalized spacial score (nSPS) is 17.1. The van der Waals surface area contributed by atoms with Crippen LogP contribution in [-0.4, -0.2) is 33.9 Å². The lowest BCUT2D eigenvalue weighted by Crippen LogP contribution is -2.39. The summed E-state index contributed by atoms with van der Waals surface area (Å²) in [7, 11) is 0. The molecule has 5 rings (SSSR count). The summed E-state index contributed by atoms with van der Waals surface area (Å²) >= 11 is 3.28. The van der Waals surface area contributed by atoms with Gasteiger partial charge in [0.1, 0.15) is 10.7 Å². The van der Waals surface area contributed by atoms with Crippen LogP contribution in [0.2, 0.25) is 0 Å². The molecule has 1 atom stereocenters. The maximum absolute atomic E-state index is 13.0. The molecule has 0 unspecified atom stereocenters. The first-order valence-electron chi connectivity index (χ1n) is 9.43. The first-order valence-corrected chi connectivity index (χ1v) is 11.1. The Bertz CT molecular complexity index is 1090. The first-order chi connectivity index (χ1) is 13.8. The molecular formula is C22H19N3OS2. The van der Waals surface area contributed by atoms with Crippen molar-refractivity contribution in [3.8, 4) is 10.6 Å². The molecule has 28 heavy (non-hydrogen) atoms. The fourth-order valence-corrected chi connectivity index (χ4v) is 5.57. The molecule has 0 N–H and O–H groups in total. The van der Waals surface area contributed by atoms with E-state index in [-0.39, 0.29) is 5.91 Å². The summed E-state index contributed by atoms with van der Waals surface area (Å²) in [6.45, 7) is 1.51. The lowest BCUT2D eigenvalue weighted by Gasteiger charge is -2.31. The Hall–Kier alpha value is -2.57. The Kier molecular flexibility index (Phi) is 4.66. The second kappa shape index (κ2) is 7.45. The van der Waals surface area contributed by atoms with Crippen LogP contribution in [0.4, 0.5) is 0 Å². The van der Waals surface area contributed by atoms with Crippen molar-refractivity contribution in [2.24, 2.45) is 0 Å². The largest absolute Gasteiger partial charge is 0.337 e. The molecule has 3 heterocycles. The minimum Gasteiger partial charge on any atom is -0.337 e. The predicted octanol–water partition coefficient (Wildman–Crippen LogP) is 5.44. The highest BCUT2D eigenvalue weighted by atomic mass is 32.1. The Morgan fingerprint density at radius 1 is 1.04 bits per heavy atom. The highest BCUT2D eigenvalue weighted by Crippen LogP contribution is 2.33. The number of carbonyl (C=O) groups is 1. The van der Waals surface area contributed by atoms with Gasteiger partial charge in [-0.3, -0.25) is 4.79 Å². The molecule has 4 aromatic rings. The van der Waals surface area contributed by atoms with Gasteiger partial charge in [-0.1, -0.05) is 42.5 Å². The van der Waals surface area contributed by atoms with Gasteiger partial charge in [0.05, 0.1) is 15.2 Å². The molecule has 2 aromatic carbocycles. The second-order valence-corrected chi connectivity index (χ2v) is 8.93. The fourth-order valence-electron chi connectivity index (χ4n) is 3.68. The zero-order chi connectivity index (χ0) is 18.9. The number of thiazole rings is 2. The molecule has 0 aliphatic carbocycles. The molecule has 1 saturated heterocycles. The van der Waals surface area contributed by atoms with Gasteiger partial charge in [0, 0.05) is 30.0 Å². The van der Waals surface area contributed by atoms with Crippen molar-refractivity contribution in [2.75, 3.05) is 13.1 Å². The van der Waals surface area contributed by atoms with E-state index in [1.165, 1.54) is 16.0 Å². The van der Waals surface area contributed by atoms with Crippen LogP contribution in [0.1, 0.15) is 34.3 Å². The maximum atomic E-state index is 13.0. The van der Waals surface area contributed by atoms with Gasteiger partial charge in [0.15, 0.2) is 0 Å². The van der Waals surface area contributed by atoms with Crippen LogP contribution in [0.5, 0.6) is 0 Å². The van der Waals surface area contributed by atoms with Crippen molar-refractivity contribution < 1.29 is 4.79 Å². The number of benzene rings is 2. The van der Waals surface area contributed by atoms with Gasteiger partial charge in [0.25, 0.3) is 5.91 Å². The number of amides is 1. The van der Waals surface area contributed by atoms with E-state index in [2.05, 4.69) is 17.1 Å². The molecule has 6 heteroatoms. The Morgan fingerprint density at radius 3 is 2.71 bits per heavy atom. The third kappa shape index (κ3) is 3.34. The molecule has 2 aromatic heterocycles. The van der Waals surface area contributed by atoms with Gasteiger partial charge in [-0.2, -0.15) is 0 Å². The van der Waals surface area contributed by atoms with Crippen molar-refractivity contribution in [3.05, 3.63) is 70.7 Å². The number of aromatic nitrogens is 2. The van der Waals surface area contributed by atoms with Crippen molar-refractivity contribution in [2.45, 2.75) is 18.8 Å². The van der Waals surface area contributed by atoms with Crippen molar-refractivity contribution in [1.82, 2.24) is 14.9 Å². The van der Waals surface area contributed by atoms with E-state index in [4.69, 9.17) is 4.98 Å². The van der Waals surface area contributed by atoms with Gasteiger partial charge in [-0.05, 0) is 25.0 Å². The third-order valence-electron chi connectivity index (χ3n) is 5.11. The molecule has 1 fully saturated rings. The van der Waals surface area contributed by atoms with Gasteiger partial charge >= 0.3 is 0 Å². The molecule has 0 saturated carbocycles. The standard InChI is InChI=1S/C22H19N3OS2/c26-22(18-14-27-20(24-18)15-7-2-1-3-8-15)25-12-6-9-16(13-25)21-23-17-10-4-5-11-19(17)28-21/h1-5,7-8,10-11,14,16H,6,9,12-13H2/t16-/m1/s1. The van der Waals surface area contributed by atoms with Crippen LogP contribution in [0.25, 0.3) is 20.8 Å². The van der Waals surface area contributed by atoms with Crippen molar-refractivity contribution in [1.29, 1.82) is 0 Å². The molecule has 1 amide bonds. The molecule has 0 radical (unpaired) electrons. The van der Waals surface area contributed by atoms with E-state index in [9.17, 15) is 4.79 Å². The first kappa shape index (κ1) is 17.5. The zero-order valence-electron chi connectivity index (χ0n) is 15.2. The highest BCUT2D eigenvalue weighted by Gasteiger charge is 2.28. The van der Waals surface area contributed by atoms with E-state index in [1.807, 2.05) is 52.7 Å². The monoisotopic (exact) mass is 405 g/mol. The van der Waals surface area contributed by atoms with Crippen molar-refractivity contribution >= 4 is 38.8 Å². The third-order valence-corrected chi connectivity index (χ3v) is 7.20. The van der Waals surface area contributed by atoms with E-state index >= 15 is 0 Å². The number of fused-ring (bicyclic) bond motifs is 1. The number of hydrogen-bond acceptors (Lipinski definition) is 5. The second-order valence-electron chi connectivity index (χ2n) is 7.01. The molecule has 140 valence electrons. The minimum atomic E-state index is 0.0317. The number of piperidine rings is 1. The predicted molar refractivity (Wildman–Crippen MR) is 115 cm³/mol. The topological polar surface area (TPSA) is 46.1 Å². The summed E-state index contributed by atoms with van der Waals surface area (Å²) in [5.74, 6) is 0.339. The SMILES string of the molecule is O=C(c1csc(-c2ccccc2)n1)N1CCC[C@@H](c2nc3ccccc3s2)C1.